The van der Waals surface area contributed by atoms with Crippen LogP contribution in [0.3, 0.4) is 0 Å². The molecule has 0 amide bonds. The summed E-state index contributed by atoms with van der Waals surface area (Å²) in [6, 6.07) is 3.84. The van der Waals surface area contributed by atoms with Crippen LogP contribution in [0.25, 0.3) is 0 Å². The Balaban J connectivity index is 1.95. The Morgan fingerprint density at radius 2 is 2.20 bits per heavy atom. The molecule has 0 radical (unpaired) electrons. The van der Waals surface area contributed by atoms with Crippen molar-refractivity contribution >= 4 is 5.97 Å². The second-order valence-corrected chi connectivity index (χ2v) is 5.53. The third-order valence-electron chi connectivity index (χ3n) is 4.00. The molecule has 0 heterocycles. The summed E-state index contributed by atoms with van der Waals surface area (Å²) < 4.78 is 19.2. The first-order valence-corrected chi connectivity index (χ1v) is 7.23. The van der Waals surface area contributed by atoms with Gasteiger partial charge in [0.25, 0.3) is 0 Å². The van der Waals surface area contributed by atoms with Crippen LogP contribution < -0.4 is 0 Å². The summed E-state index contributed by atoms with van der Waals surface area (Å²) in [5.41, 5.74) is 0.555. The maximum Gasteiger partial charge on any atom is 0.335 e. The summed E-state index contributed by atoms with van der Waals surface area (Å²) >= 11 is 0. The predicted octanol–water partition coefficient (Wildman–Crippen LogP) is 4.01. The summed E-state index contributed by atoms with van der Waals surface area (Å²) in [4.78, 5) is 10.9. The smallest absolute Gasteiger partial charge is 0.335 e. The lowest BCUT2D eigenvalue weighted by molar-refractivity contribution is 0.00165. The Kier molecular flexibility index (Phi) is 5.12. The number of hydrogen-bond acceptors (Lipinski definition) is 2. The molecule has 0 spiro atoms. The lowest BCUT2D eigenvalue weighted by atomic mass is 9.85. The number of benzene rings is 1. The zero-order valence-electron chi connectivity index (χ0n) is 11.8. The summed E-state index contributed by atoms with van der Waals surface area (Å²) in [6.45, 7) is 2.47. The molecule has 0 saturated heterocycles. The molecule has 4 heteroatoms. The Bertz CT molecular complexity index is 473. The summed E-state index contributed by atoms with van der Waals surface area (Å²) in [7, 11) is 0. The van der Waals surface area contributed by atoms with E-state index in [1.54, 1.807) is 0 Å². The summed E-state index contributed by atoms with van der Waals surface area (Å²) in [5, 5.41) is 8.91. The zero-order chi connectivity index (χ0) is 14.5. The van der Waals surface area contributed by atoms with Crippen LogP contribution in [0.15, 0.2) is 18.2 Å². The molecule has 1 N–H and O–H groups in total. The lowest BCUT2D eigenvalue weighted by Crippen LogP contribution is -2.22. The van der Waals surface area contributed by atoms with Crippen LogP contribution in [0.1, 0.15) is 54.9 Å². The van der Waals surface area contributed by atoms with E-state index in [0.29, 0.717) is 5.56 Å². The van der Waals surface area contributed by atoms with Crippen LogP contribution in [0.5, 0.6) is 0 Å². The average molecular weight is 280 g/mol. The van der Waals surface area contributed by atoms with E-state index in [4.69, 9.17) is 9.84 Å². The van der Waals surface area contributed by atoms with Crippen molar-refractivity contribution in [1.82, 2.24) is 0 Å². The second-order valence-electron chi connectivity index (χ2n) is 5.53. The van der Waals surface area contributed by atoms with Gasteiger partial charge in [0.1, 0.15) is 5.82 Å². The highest BCUT2D eigenvalue weighted by atomic mass is 19.1. The first kappa shape index (κ1) is 15.0. The van der Waals surface area contributed by atoms with E-state index in [9.17, 15) is 9.18 Å². The van der Waals surface area contributed by atoms with Gasteiger partial charge in [0.2, 0.25) is 0 Å². The Hall–Kier alpha value is -1.42. The number of aromatic carboxylic acids is 1. The minimum Gasteiger partial charge on any atom is -0.478 e. The summed E-state index contributed by atoms with van der Waals surface area (Å²) in [5.74, 6) is -0.927. The molecule has 1 saturated carbocycles. The van der Waals surface area contributed by atoms with Gasteiger partial charge in [-0.15, -0.1) is 0 Å². The normalized spacial score (nSPS) is 22.7. The van der Waals surface area contributed by atoms with Gasteiger partial charge in [-0.25, -0.2) is 9.18 Å². The quantitative estimate of drug-likeness (QED) is 0.886. The molecule has 3 nitrogen and oxygen atoms in total. The van der Waals surface area contributed by atoms with Gasteiger partial charge in [0.15, 0.2) is 0 Å². The highest BCUT2D eigenvalue weighted by Gasteiger charge is 2.21. The van der Waals surface area contributed by atoms with Gasteiger partial charge in [-0.05, 0) is 42.5 Å². The van der Waals surface area contributed by atoms with Crippen LogP contribution in [-0.4, -0.2) is 17.2 Å². The Morgan fingerprint density at radius 3 is 2.90 bits per heavy atom. The third kappa shape index (κ3) is 4.04. The largest absolute Gasteiger partial charge is 0.478 e. The number of rotatable bonds is 5. The van der Waals surface area contributed by atoms with E-state index in [-0.39, 0.29) is 18.3 Å². The molecule has 2 rings (SSSR count). The molecule has 1 fully saturated rings. The number of hydrogen-bond donors (Lipinski definition) is 1. The minimum atomic E-state index is -1.12. The monoisotopic (exact) mass is 280 g/mol. The molecule has 1 aliphatic carbocycles. The van der Waals surface area contributed by atoms with Crippen molar-refractivity contribution in [3.8, 4) is 0 Å². The molecule has 1 aromatic carbocycles. The van der Waals surface area contributed by atoms with Crippen molar-refractivity contribution in [2.24, 2.45) is 5.92 Å². The SMILES string of the molecule is CCC1CCCC(OCc2cc(F)cc(C(=O)O)c2)C1. The van der Waals surface area contributed by atoms with Crippen molar-refractivity contribution < 1.29 is 19.0 Å². The molecule has 0 aromatic heterocycles. The van der Waals surface area contributed by atoms with Gasteiger partial charge in [0, 0.05) is 0 Å². The fourth-order valence-electron chi connectivity index (χ4n) is 2.84. The standard InChI is InChI=1S/C16H21FO3/c1-2-11-4-3-5-15(8-11)20-10-12-6-13(16(18)19)9-14(17)7-12/h6-7,9,11,15H,2-5,8,10H2,1H3,(H,18,19). The molecule has 20 heavy (non-hydrogen) atoms. The topological polar surface area (TPSA) is 46.5 Å². The molecule has 2 atom stereocenters. The van der Waals surface area contributed by atoms with Gasteiger partial charge < -0.3 is 9.84 Å². The number of carboxylic acid groups (broad SMARTS) is 1. The molecule has 110 valence electrons. The second kappa shape index (κ2) is 6.84. The van der Waals surface area contributed by atoms with Crippen LogP contribution in [0.2, 0.25) is 0 Å². The van der Waals surface area contributed by atoms with Gasteiger partial charge in [0.05, 0.1) is 18.3 Å². The molecular weight excluding hydrogens is 259 g/mol. The van der Waals surface area contributed by atoms with Gasteiger partial charge >= 0.3 is 5.97 Å². The lowest BCUT2D eigenvalue weighted by Gasteiger charge is -2.28. The fraction of sp³-hybridized carbons (Fsp3) is 0.562. The number of carbonyl (C=O) groups is 1. The first-order valence-electron chi connectivity index (χ1n) is 7.23. The first-order chi connectivity index (χ1) is 9.58. The maximum atomic E-state index is 13.4. The molecular formula is C16H21FO3. The number of halogens is 1. The third-order valence-corrected chi connectivity index (χ3v) is 4.00. The van der Waals surface area contributed by atoms with Crippen molar-refractivity contribution in [1.29, 1.82) is 0 Å². The van der Waals surface area contributed by atoms with E-state index in [0.717, 1.165) is 24.8 Å². The fourth-order valence-corrected chi connectivity index (χ4v) is 2.84. The molecule has 1 aromatic rings. The number of carboxylic acids is 1. The maximum absolute atomic E-state index is 13.4. The van der Waals surface area contributed by atoms with Gasteiger partial charge in [-0.3, -0.25) is 0 Å². The molecule has 2 unspecified atom stereocenters. The summed E-state index contributed by atoms with van der Waals surface area (Å²) in [6.07, 6.45) is 5.91. The van der Waals surface area contributed by atoms with Crippen LogP contribution >= 0.6 is 0 Å². The minimum absolute atomic E-state index is 0.0290. The highest BCUT2D eigenvalue weighted by Crippen LogP contribution is 2.29. The van der Waals surface area contributed by atoms with E-state index < -0.39 is 11.8 Å². The van der Waals surface area contributed by atoms with Gasteiger partial charge in [-0.2, -0.15) is 0 Å². The van der Waals surface area contributed by atoms with Crippen molar-refractivity contribution in [2.45, 2.75) is 51.7 Å². The molecule has 1 aliphatic rings. The highest BCUT2D eigenvalue weighted by molar-refractivity contribution is 5.87. The van der Waals surface area contributed by atoms with Crippen LogP contribution in [0, 0.1) is 11.7 Å². The predicted molar refractivity (Wildman–Crippen MR) is 74.2 cm³/mol. The molecule has 0 bridgehead atoms. The van der Waals surface area contributed by atoms with E-state index in [1.807, 2.05) is 0 Å². The van der Waals surface area contributed by atoms with E-state index in [2.05, 4.69) is 6.92 Å². The zero-order valence-corrected chi connectivity index (χ0v) is 11.8. The van der Waals surface area contributed by atoms with Gasteiger partial charge in [-0.1, -0.05) is 26.2 Å². The Labute approximate surface area is 118 Å². The van der Waals surface area contributed by atoms with Crippen LogP contribution in [-0.2, 0) is 11.3 Å². The average Bonchev–Trinajstić information content (AvgIpc) is 2.44. The van der Waals surface area contributed by atoms with Crippen molar-refractivity contribution in [2.75, 3.05) is 0 Å². The van der Waals surface area contributed by atoms with E-state index >= 15 is 0 Å². The van der Waals surface area contributed by atoms with Crippen molar-refractivity contribution in [3.05, 3.63) is 35.1 Å². The molecule has 0 aliphatic heterocycles. The van der Waals surface area contributed by atoms with Crippen molar-refractivity contribution in [3.63, 3.8) is 0 Å². The Morgan fingerprint density at radius 1 is 1.40 bits per heavy atom. The van der Waals surface area contributed by atoms with Crippen LogP contribution in [0.4, 0.5) is 4.39 Å². The number of ether oxygens (including phenoxy) is 1. The van der Waals surface area contributed by atoms with E-state index in [1.165, 1.54) is 31.4 Å².